The van der Waals surface area contributed by atoms with Gasteiger partial charge in [-0.25, -0.2) is 0 Å². The third kappa shape index (κ3) is 3.41. The Hall–Kier alpha value is -1.22. The lowest BCUT2D eigenvalue weighted by atomic mass is 10.0. The summed E-state index contributed by atoms with van der Waals surface area (Å²) in [6, 6.07) is 7.22. The van der Waals surface area contributed by atoms with Crippen molar-refractivity contribution in [2.45, 2.75) is 45.7 Å². The van der Waals surface area contributed by atoms with Gasteiger partial charge in [0.05, 0.1) is 12.3 Å². The van der Waals surface area contributed by atoms with Crippen LogP contribution in [0.5, 0.6) is 5.75 Å². The van der Waals surface area contributed by atoms with Crippen LogP contribution >= 0.6 is 0 Å². The van der Waals surface area contributed by atoms with Gasteiger partial charge in [0.1, 0.15) is 5.75 Å². The minimum atomic E-state index is 0.614. The molecule has 1 N–H and O–H groups in total. The van der Waals surface area contributed by atoms with E-state index in [4.69, 9.17) is 4.74 Å². The summed E-state index contributed by atoms with van der Waals surface area (Å²) in [5, 5.41) is 3.19. The highest BCUT2D eigenvalue weighted by molar-refractivity contribution is 5.60. The predicted molar refractivity (Wildman–Crippen MR) is 81.0 cm³/mol. The Labute approximate surface area is 116 Å². The molecule has 0 aromatic heterocycles. The molecule has 3 nitrogen and oxygen atoms in total. The lowest BCUT2D eigenvalue weighted by Gasteiger charge is -2.36. The van der Waals surface area contributed by atoms with Crippen LogP contribution in [0.15, 0.2) is 18.2 Å². The number of nitrogens with one attached hydrogen (secondary N) is 1. The molecule has 1 aromatic rings. The van der Waals surface area contributed by atoms with E-state index in [-0.39, 0.29) is 0 Å². The molecule has 0 saturated carbocycles. The molecule has 1 atom stereocenters. The molecule has 2 rings (SSSR count). The van der Waals surface area contributed by atoms with Gasteiger partial charge in [0.2, 0.25) is 0 Å². The van der Waals surface area contributed by atoms with Crippen LogP contribution in [-0.2, 0) is 6.54 Å². The summed E-state index contributed by atoms with van der Waals surface area (Å²) in [5.74, 6) is 1.03. The SMILES string of the molecule is CCOc1cc(CNC)ccc1N1CCCCC1C. The summed E-state index contributed by atoms with van der Waals surface area (Å²) < 4.78 is 5.86. The average molecular weight is 262 g/mol. The number of rotatable bonds is 5. The number of benzene rings is 1. The summed E-state index contributed by atoms with van der Waals surface area (Å²) in [7, 11) is 1.97. The van der Waals surface area contributed by atoms with E-state index in [9.17, 15) is 0 Å². The summed E-state index contributed by atoms with van der Waals surface area (Å²) in [5.41, 5.74) is 2.54. The first kappa shape index (κ1) is 14.2. The van der Waals surface area contributed by atoms with E-state index < -0.39 is 0 Å². The van der Waals surface area contributed by atoms with E-state index in [1.807, 2.05) is 14.0 Å². The second kappa shape index (κ2) is 6.80. The van der Waals surface area contributed by atoms with Crippen LogP contribution in [0.2, 0.25) is 0 Å². The lowest BCUT2D eigenvalue weighted by Crippen LogP contribution is -2.37. The largest absolute Gasteiger partial charge is 0.492 e. The summed E-state index contributed by atoms with van der Waals surface area (Å²) in [6.07, 6.45) is 3.91. The molecule has 0 radical (unpaired) electrons. The summed E-state index contributed by atoms with van der Waals surface area (Å²) in [6.45, 7) is 7.12. The van der Waals surface area contributed by atoms with E-state index in [0.717, 1.165) is 25.4 Å². The molecule has 1 saturated heterocycles. The number of nitrogens with zero attached hydrogens (tertiary/aromatic N) is 1. The highest BCUT2D eigenvalue weighted by atomic mass is 16.5. The molecule has 1 unspecified atom stereocenters. The fourth-order valence-electron chi connectivity index (χ4n) is 2.84. The standard InChI is InChI=1S/C16H26N2O/c1-4-19-16-11-14(12-17-3)8-9-15(16)18-10-6-5-7-13(18)2/h8-9,11,13,17H,4-7,10,12H2,1-3H3. The molecular formula is C16H26N2O. The molecule has 3 heteroatoms. The van der Waals surface area contributed by atoms with Crippen LogP contribution < -0.4 is 15.0 Å². The van der Waals surface area contributed by atoms with Crippen LogP contribution in [0.1, 0.15) is 38.7 Å². The number of hydrogen-bond acceptors (Lipinski definition) is 3. The van der Waals surface area contributed by atoms with E-state index in [2.05, 4.69) is 35.3 Å². The maximum atomic E-state index is 5.86. The molecule has 0 spiro atoms. The van der Waals surface area contributed by atoms with Crippen LogP contribution in [-0.4, -0.2) is 26.2 Å². The molecule has 1 aromatic carbocycles. The van der Waals surface area contributed by atoms with Crippen LogP contribution in [0.25, 0.3) is 0 Å². The fraction of sp³-hybridized carbons (Fsp3) is 0.625. The first-order valence-electron chi connectivity index (χ1n) is 7.43. The molecule has 0 amide bonds. The molecule has 1 aliphatic rings. The van der Waals surface area contributed by atoms with Crippen molar-refractivity contribution in [3.05, 3.63) is 23.8 Å². The molecular weight excluding hydrogens is 236 g/mol. The van der Waals surface area contributed by atoms with Gasteiger partial charge in [-0.3, -0.25) is 0 Å². The van der Waals surface area contributed by atoms with Gasteiger partial charge in [-0.15, -0.1) is 0 Å². The molecule has 1 aliphatic heterocycles. The molecule has 0 bridgehead atoms. The summed E-state index contributed by atoms with van der Waals surface area (Å²) >= 11 is 0. The normalized spacial score (nSPS) is 19.5. The minimum Gasteiger partial charge on any atom is -0.492 e. The van der Waals surface area contributed by atoms with Gasteiger partial charge in [-0.05, 0) is 57.9 Å². The Morgan fingerprint density at radius 2 is 2.21 bits per heavy atom. The number of ether oxygens (including phenoxy) is 1. The monoisotopic (exact) mass is 262 g/mol. The third-order valence-electron chi connectivity index (χ3n) is 3.82. The van der Waals surface area contributed by atoms with Crippen molar-refractivity contribution in [1.29, 1.82) is 0 Å². The zero-order valence-corrected chi connectivity index (χ0v) is 12.4. The van der Waals surface area contributed by atoms with E-state index in [1.165, 1.54) is 30.5 Å². The first-order valence-corrected chi connectivity index (χ1v) is 7.43. The quantitative estimate of drug-likeness (QED) is 0.882. The van der Waals surface area contributed by atoms with Gasteiger partial charge in [-0.1, -0.05) is 6.07 Å². The fourth-order valence-corrected chi connectivity index (χ4v) is 2.84. The Kier molecular flexibility index (Phi) is 5.08. The highest BCUT2D eigenvalue weighted by Gasteiger charge is 2.21. The Balaban J connectivity index is 2.26. The van der Waals surface area contributed by atoms with Gasteiger partial charge in [-0.2, -0.15) is 0 Å². The second-order valence-corrected chi connectivity index (χ2v) is 5.30. The van der Waals surface area contributed by atoms with Crippen molar-refractivity contribution in [2.24, 2.45) is 0 Å². The zero-order valence-electron chi connectivity index (χ0n) is 12.4. The lowest BCUT2D eigenvalue weighted by molar-refractivity contribution is 0.337. The van der Waals surface area contributed by atoms with Gasteiger partial charge in [0, 0.05) is 19.1 Å². The zero-order chi connectivity index (χ0) is 13.7. The first-order chi connectivity index (χ1) is 9.26. The maximum Gasteiger partial charge on any atom is 0.142 e. The van der Waals surface area contributed by atoms with Crippen LogP contribution in [0.4, 0.5) is 5.69 Å². The van der Waals surface area contributed by atoms with Crippen LogP contribution in [0, 0.1) is 0 Å². The Morgan fingerprint density at radius 3 is 2.89 bits per heavy atom. The van der Waals surface area contributed by atoms with Crippen molar-refractivity contribution < 1.29 is 4.74 Å². The van der Waals surface area contributed by atoms with Gasteiger partial charge in [0.15, 0.2) is 0 Å². The average Bonchev–Trinajstić information content (AvgIpc) is 2.41. The molecule has 19 heavy (non-hydrogen) atoms. The number of piperidine rings is 1. The smallest absolute Gasteiger partial charge is 0.142 e. The number of anilines is 1. The maximum absolute atomic E-state index is 5.86. The van der Waals surface area contributed by atoms with Gasteiger partial charge in [0.25, 0.3) is 0 Å². The number of hydrogen-bond donors (Lipinski definition) is 1. The van der Waals surface area contributed by atoms with Crippen molar-refractivity contribution in [1.82, 2.24) is 5.32 Å². The molecule has 106 valence electrons. The predicted octanol–water partition coefficient (Wildman–Crippen LogP) is 3.18. The van der Waals surface area contributed by atoms with Crippen molar-refractivity contribution in [3.8, 4) is 5.75 Å². The van der Waals surface area contributed by atoms with Gasteiger partial charge < -0.3 is 15.0 Å². The molecule has 0 aliphatic carbocycles. The molecule has 1 fully saturated rings. The Bertz CT molecular complexity index is 406. The third-order valence-corrected chi connectivity index (χ3v) is 3.82. The second-order valence-electron chi connectivity index (χ2n) is 5.30. The van der Waals surface area contributed by atoms with Crippen LogP contribution in [0.3, 0.4) is 0 Å². The van der Waals surface area contributed by atoms with E-state index in [1.54, 1.807) is 0 Å². The van der Waals surface area contributed by atoms with Gasteiger partial charge >= 0.3 is 0 Å². The topological polar surface area (TPSA) is 24.5 Å². The minimum absolute atomic E-state index is 0.614. The van der Waals surface area contributed by atoms with Crippen molar-refractivity contribution in [3.63, 3.8) is 0 Å². The van der Waals surface area contributed by atoms with E-state index in [0.29, 0.717) is 6.04 Å². The summed E-state index contributed by atoms with van der Waals surface area (Å²) in [4.78, 5) is 2.50. The highest BCUT2D eigenvalue weighted by Crippen LogP contribution is 2.34. The Morgan fingerprint density at radius 1 is 1.37 bits per heavy atom. The van der Waals surface area contributed by atoms with Crippen molar-refractivity contribution >= 4 is 5.69 Å². The van der Waals surface area contributed by atoms with Crippen molar-refractivity contribution in [2.75, 3.05) is 25.1 Å². The molecule has 1 heterocycles. The van der Waals surface area contributed by atoms with E-state index >= 15 is 0 Å².